The van der Waals surface area contributed by atoms with Crippen LogP contribution < -0.4 is 4.74 Å². The van der Waals surface area contributed by atoms with Gasteiger partial charge in [0.1, 0.15) is 23.6 Å². The van der Waals surface area contributed by atoms with Gasteiger partial charge in [-0.15, -0.1) is 0 Å². The lowest BCUT2D eigenvalue weighted by molar-refractivity contribution is 0.166. The number of halogens is 1. The number of benzene rings is 2. The minimum absolute atomic E-state index is 0.230. The van der Waals surface area contributed by atoms with Crippen LogP contribution in [0.15, 0.2) is 53.4 Å². The monoisotopic (exact) mass is 318 g/mol. The van der Waals surface area contributed by atoms with E-state index < -0.39 is 0 Å². The van der Waals surface area contributed by atoms with E-state index in [1.54, 1.807) is 17.8 Å². The van der Waals surface area contributed by atoms with Crippen molar-refractivity contribution in [2.45, 2.75) is 30.3 Å². The van der Waals surface area contributed by atoms with Gasteiger partial charge < -0.3 is 9.47 Å². The van der Waals surface area contributed by atoms with E-state index in [9.17, 15) is 4.39 Å². The molecule has 0 saturated carbocycles. The van der Waals surface area contributed by atoms with Crippen molar-refractivity contribution in [1.29, 1.82) is 0 Å². The van der Waals surface area contributed by atoms with Crippen LogP contribution in [0, 0.1) is 11.7 Å². The molecule has 0 radical (unpaired) electrons. The van der Waals surface area contributed by atoms with Crippen molar-refractivity contribution >= 4 is 11.8 Å². The van der Waals surface area contributed by atoms with Gasteiger partial charge in [-0.3, -0.25) is 0 Å². The van der Waals surface area contributed by atoms with E-state index in [-0.39, 0.29) is 11.3 Å². The number of ether oxygens (including phenoxy) is 2. The van der Waals surface area contributed by atoms with E-state index in [4.69, 9.17) is 9.47 Å². The van der Waals surface area contributed by atoms with Gasteiger partial charge in [-0.2, -0.15) is 0 Å². The highest BCUT2D eigenvalue weighted by Crippen LogP contribution is 2.34. The molecule has 1 saturated heterocycles. The molecule has 3 rings (SSSR count). The molecule has 0 bridgehead atoms. The average molecular weight is 318 g/mol. The first-order valence-electron chi connectivity index (χ1n) is 7.44. The van der Waals surface area contributed by atoms with Crippen LogP contribution in [0.4, 0.5) is 4.39 Å². The van der Waals surface area contributed by atoms with E-state index in [0.29, 0.717) is 12.5 Å². The van der Waals surface area contributed by atoms with Gasteiger partial charge >= 0.3 is 0 Å². The fraction of sp³-hybridized carbons (Fsp3) is 0.333. The largest absolute Gasteiger partial charge is 0.489 e. The molecule has 0 aliphatic carbocycles. The first-order chi connectivity index (χ1) is 10.7. The predicted molar refractivity (Wildman–Crippen MR) is 86.6 cm³/mol. The Labute approximate surface area is 134 Å². The summed E-state index contributed by atoms with van der Waals surface area (Å²) < 4.78 is 24.6. The van der Waals surface area contributed by atoms with Gasteiger partial charge in [0, 0.05) is 4.90 Å². The summed E-state index contributed by atoms with van der Waals surface area (Å²) in [6.45, 7) is 3.41. The van der Waals surface area contributed by atoms with Crippen molar-refractivity contribution in [3.63, 3.8) is 0 Å². The smallest absolute Gasteiger partial charge is 0.123 e. The molecule has 2 aromatic rings. The molecule has 2 aromatic carbocycles. The second kappa shape index (κ2) is 7.16. The van der Waals surface area contributed by atoms with Gasteiger partial charge in [-0.1, -0.05) is 36.9 Å². The second-order valence-corrected chi connectivity index (χ2v) is 6.85. The Bertz CT molecular complexity index is 632. The number of rotatable bonds is 5. The van der Waals surface area contributed by atoms with Crippen molar-refractivity contribution in [2.75, 3.05) is 6.61 Å². The summed E-state index contributed by atoms with van der Waals surface area (Å²) in [5, 5.41) is 0. The zero-order valence-electron chi connectivity index (χ0n) is 12.5. The van der Waals surface area contributed by atoms with Crippen LogP contribution in [0.5, 0.6) is 5.75 Å². The molecule has 1 aliphatic heterocycles. The first-order valence-corrected chi connectivity index (χ1v) is 8.32. The lowest BCUT2D eigenvalue weighted by Crippen LogP contribution is -1.99. The summed E-state index contributed by atoms with van der Waals surface area (Å²) in [4.78, 5) is 1.14. The molecule has 4 heteroatoms. The van der Waals surface area contributed by atoms with E-state index in [1.807, 2.05) is 24.3 Å². The third-order valence-corrected chi connectivity index (χ3v) is 4.65. The minimum atomic E-state index is -0.238. The van der Waals surface area contributed by atoms with Crippen LogP contribution in [0.1, 0.15) is 18.9 Å². The molecule has 1 unspecified atom stereocenters. The molecule has 2 nitrogen and oxygen atoms in total. The fourth-order valence-electron chi connectivity index (χ4n) is 2.40. The molecule has 116 valence electrons. The van der Waals surface area contributed by atoms with Gasteiger partial charge in [0.2, 0.25) is 0 Å². The molecule has 2 atom stereocenters. The summed E-state index contributed by atoms with van der Waals surface area (Å²) in [7, 11) is 0. The highest BCUT2D eigenvalue weighted by atomic mass is 32.2. The summed E-state index contributed by atoms with van der Waals surface area (Å²) in [5.41, 5.74) is 1.06. The Morgan fingerprint density at radius 1 is 1.23 bits per heavy atom. The molecule has 0 amide bonds. The Kier molecular flexibility index (Phi) is 5.01. The van der Waals surface area contributed by atoms with Gasteiger partial charge in [0.25, 0.3) is 0 Å². The maximum atomic E-state index is 13.1. The molecular formula is C18H19FO2S. The highest BCUT2D eigenvalue weighted by Gasteiger charge is 2.22. The summed E-state index contributed by atoms with van der Waals surface area (Å²) in [6.07, 6.45) is 1.08. The minimum Gasteiger partial charge on any atom is -0.489 e. The van der Waals surface area contributed by atoms with Crippen LogP contribution in [-0.2, 0) is 11.3 Å². The average Bonchev–Trinajstić information content (AvgIpc) is 2.91. The third kappa shape index (κ3) is 4.24. The quantitative estimate of drug-likeness (QED) is 0.783. The van der Waals surface area contributed by atoms with E-state index in [1.165, 1.54) is 12.1 Å². The molecule has 1 aliphatic rings. The summed E-state index contributed by atoms with van der Waals surface area (Å²) >= 11 is 1.73. The van der Waals surface area contributed by atoms with E-state index in [0.717, 1.165) is 29.2 Å². The third-order valence-electron chi connectivity index (χ3n) is 3.53. The number of hydrogen-bond donors (Lipinski definition) is 0. The Morgan fingerprint density at radius 2 is 2.09 bits per heavy atom. The first kappa shape index (κ1) is 15.4. The Morgan fingerprint density at radius 3 is 2.86 bits per heavy atom. The van der Waals surface area contributed by atoms with Gasteiger partial charge in [-0.25, -0.2) is 4.39 Å². The molecule has 1 fully saturated rings. The van der Waals surface area contributed by atoms with Gasteiger partial charge in [0.15, 0.2) is 0 Å². The highest BCUT2D eigenvalue weighted by molar-refractivity contribution is 7.99. The molecule has 22 heavy (non-hydrogen) atoms. The van der Waals surface area contributed by atoms with Crippen LogP contribution in [0.2, 0.25) is 0 Å². The van der Waals surface area contributed by atoms with Crippen molar-refractivity contribution in [3.8, 4) is 5.75 Å². The zero-order valence-corrected chi connectivity index (χ0v) is 13.3. The molecule has 0 N–H and O–H groups in total. The maximum Gasteiger partial charge on any atom is 0.123 e. The fourth-order valence-corrected chi connectivity index (χ4v) is 3.62. The number of hydrogen-bond acceptors (Lipinski definition) is 3. The van der Waals surface area contributed by atoms with Crippen molar-refractivity contribution in [3.05, 3.63) is 59.9 Å². The van der Waals surface area contributed by atoms with Gasteiger partial charge in [-0.05, 0) is 48.2 Å². The van der Waals surface area contributed by atoms with Crippen LogP contribution >= 0.6 is 11.8 Å². The molecule has 1 heterocycles. The lowest BCUT2D eigenvalue weighted by atomic mass is 10.2. The lowest BCUT2D eigenvalue weighted by Gasteiger charge is -2.11. The topological polar surface area (TPSA) is 18.5 Å². The van der Waals surface area contributed by atoms with Crippen LogP contribution in [0.3, 0.4) is 0 Å². The SMILES string of the molecule is C[C@H]1COC(Sc2cccc(OCc3cccc(F)c3)c2)C1. The summed E-state index contributed by atoms with van der Waals surface area (Å²) in [6, 6.07) is 14.4. The van der Waals surface area contributed by atoms with Crippen molar-refractivity contribution in [2.24, 2.45) is 5.92 Å². The van der Waals surface area contributed by atoms with Crippen LogP contribution in [-0.4, -0.2) is 12.0 Å². The zero-order chi connectivity index (χ0) is 15.4. The van der Waals surface area contributed by atoms with E-state index >= 15 is 0 Å². The molecular weight excluding hydrogens is 299 g/mol. The standard InChI is InChI=1S/C18H19FO2S/c1-13-8-18(21-11-13)22-17-7-3-6-16(10-17)20-12-14-4-2-5-15(19)9-14/h2-7,9-10,13,18H,8,11-12H2,1H3/t13-,18?/m1/s1. The maximum absolute atomic E-state index is 13.1. The molecule has 0 spiro atoms. The molecule has 0 aromatic heterocycles. The van der Waals surface area contributed by atoms with E-state index in [2.05, 4.69) is 13.0 Å². The normalized spacial score (nSPS) is 21.0. The second-order valence-electron chi connectivity index (χ2n) is 5.62. The Balaban J connectivity index is 1.59. The van der Waals surface area contributed by atoms with Crippen molar-refractivity contribution in [1.82, 2.24) is 0 Å². The Hall–Kier alpha value is -1.52. The van der Waals surface area contributed by atoms with Crippen molar-refractivity contribution < 1.29 is 13.9 Å². The number of thioether (sulfide) groups is 1. The van der Waals surface area contributed by atoms with Crippen LogP contribution in [0.25, 0.3) is 0 Å². The summed E-state index contributed by atoms with van der Waals surface area (Å²) in [5.74, 6) is 1.18. The van der Waals surface area contributed by atoms with Gasteiger partial charge in [0.05, 0.1) is 6.61 Å². The predicted octanol–water partition coefficient (Wildman–Crippen LogP) is 4.88.